The maximum Gasteiger partial charge on any atom is 0.173 e. The first kappa shape index (κ1) is 15.2. The third-order valence-electron chi connectivity index (χ3n) is 2.68. The molecule has 5 nitrogen and oxygen atoms in total. The molecule has 110 valence electrons. The molecule has 0 fully saturated rings. The number of para-hydroxylation sites is 1. The molecule has 0 radical (unpaired) electrons. The van der Waals surface area contributed by atoms with Gasteiger partial charge in [-0.3, -0.25) is 0 Å². The van der Waals surface area contributed by atoms with Gasteiger partial charge in [0, 0.05) is 4.47 Å². The van der Waals surface area contributed by atoms with Crippen molar-refractivity contribution < 1.29 is 14.7 Å². The molecule has 0 amide bonds. The van der Waals surface area contributed by atoms with E-state index in [1.165, 1.54) is 0 Å². The highest BCUT2D eigenvalue weighted by Gasteiger charge is 2.09. The summed E-state index contributed by atoms with van der Waals surface area (Å²) in [6, 6.07) is 14.8. The number of ether oxygens (including phenoxy) is 2. The number of nitrogens with two attached hydrogens (primary N) is 1. The summed E-state index contributed by atoms with van der Waals surface area (Å²) in [5.41, 5.74) is 6.15. The maximum atomic E-state index is 8.79. The van der Waals surface area contributed by atoms with Gasteiger partial charge in [-0.1, -0.05) is 39.3 Å². The van der Waals surface area contributed by atoms with Gasteiger partial charge >= 0.3 is 0 Å². The van der Waals surface area contributed by atoms with Crippen molar-refractivity contribution in [2.75, 3.05) is 13.2 Å². The van der Waals surface area contributed by atoms with Crippen molar-refractivity contribution >= 4 is 21.8 Å². The lowest BCUT2D eigenvalue weighted by molar-refractivity contribution is 0.217. The third kappa shape index (κ3) is 4.39. The molecule has 21 heavy (non-hydrogen) atoms. The standard InChI is InChI=1S/C15H15BrN2O3/c16-11-6-7-14(13(10-11)15(17)18-19)21-9-8-20-12-4-2-1-3-5-12/h1-7,10,19H,8-9H2,(H2,17,18). The maximum absolute atomic E-state index is 8.79. The molecule has 0 aliphatic carbocycles. The molecule has 2 aromatic rings. The van der Waals surface area contributed by atoms with E-state index in [0.29, 0.717) is 24.5 Å². The fourth-order valence-electron chi connectivity index (χ4n) is 1.71. The first-order valence-corrected chi connectivity index (χ1v) is 7.08. The van der Waals surface area contributed by atoms with Gasteiger partial charge in [-0.15, -0.1) is 0 Å². The molecule has 2 rings (SSSR count). The summed E-state index contributed by atoms with van der Waals surface area (Å²) < 4.78 is 12.0. The Bertz CT molecular complexity index is 618. The summed E-state index contributed by atoms with van der Waals surface area (Å²) in [7, 11) is 0. The molecule has 2 aromatic carbocycles. The molecule has 0 unspecified atom stereocenters. The lowest BCUT2D eigenvalue weighted by Gasteiger charge is -2.12. The van der Waals surface area contributed by atoms with Crippen molar-refractivity contribution in [2.24, 2.45) is 10.9 Å². The molecule has 0 aliphatic rings. The Labute approximate surface area is 131 Å². The van der Waals surface area contributed by atoms with Crippen LogP contribution in [0.2, 0.25) is 0 Å². The first-order chi connectivity index (χ1) is 10.2. The van der Waals surface area contributed by atoms with E-state index in [1.54, 1.807) is 12.1 Å². The Morgan fingerprint density at radius 2 is 1.81 bits per heavy atom. The van der Waals surface area contributed by atoms with Gasteiger partial charge in [0.15, 0.2) is 5.84 Å². The van der Waals surface area contributed by atoms with E-state index >= 15 is 0 Å². The zero-order chi connectivity index (χ0) is 15.1. The number of oxime groups is 1. The lowest BCUT2D eigenvalue weighted by Crippen LogP contribution is -2.16. The van der Waals surface area contributed by atoms with Crippen molar-refractivity contribution in [2.45, 2.75) is 0 Å². The summed E-state index contributed by atoms with van der Waals surface area (Å²) in [6.07, 6.45) is 0. The van der Waals surface area contributed by atoms with E-state index in [-0.39, 0.29) is 5.84 Å². The molecule has 0 saturated heterocycles. The minimum absolute atomic E-state index is 0.00437. The Morgan fingerprint density at radius 1 is 1.10 bits per heavy atom. The van der Waals surface area contributed by atoms with Crippen LogP contribution in [0.15, 0.2) is 58.2 Å². The van der Waals surface area contributed by atoms with Crippen LogP contribution in [0.5, 0.6) is 11.5 Å². The predicted molar refractivity (Wildman–Crippen MR) is 84.1 cm³/mol. The van der Waals surface area contributed by atoms with Gasteiger partial charge in [-0.2, -0.15) is 0 Å². The topological polar surface area (TPSA) is 77.1 Å². The van der Waals surface area contributed by atoms with Crippen molar-refractivity contribution in [3.05, 3.63) is 58.6 Å². The Morgan fingerprint density at radius 3 is 2.52 bits per heavy atom. The molecule has 6 heteroatoms. The monoisotopic (exact) mass is 350 g/mol. The van der Waals surface area contributed by atoms with E-state index in [1.807, 2.05) is 36.4 Å². The van der Waals surface area contributed by atoms with Crippen LogP contribution >= 0.6 is 15.9 Å². The zero-order valence-corrected chi connectivity index (χ0v) is 12.8. The fourth-order valence-corrected chi connectivity index (χ4v) is 2.07. The second-order valence-corrected chi connectivity index (χ2v) is 5.05. The van der Waals surface area contributed by atoms with Crippen LogP contribution in [0.3, 0.4) is 0 Å². The van der Waals surface area contributed by atoms with Crippen molar-refractivity contribution in [3.63, 3.8) is 0 Å². The van der Waals surface area contributed by atoms with Crippen LogP contribution in [0.4, 0.5) is 0 Å². The highest BCUT2D eigenvalue weighted by molar-refractivity contribution is 9.10. The number of nitrogens with zero attached hydrogens (tertiary/aromatic N) is 1. The molecular formula is C15H15BrN2O3. The Hall–Kier alpha value is -2.21. The van der Waals surface area contributed by atoms with Crippen LogP contribution < -0.4 is 15.2 Å². The van der Waals surface area contributed by atoms with Gasteiger partial charge < -0.3 is 20.4 Å². The number of hydrogen-bond donors (Lipinski definition) is 2. The van der Waals surface area contributed by atoms with Crippen molar-refractivity contribution in [3.8, 4) is 11.5 Å². The highest BCUT2D eigenvalue weighted by atomic mass is 79.9. The molecule has 3 N–H and O–H groups in total. The molecule has 0 bridgehead atoms. The fraction of sp³-hybridized carbons (Fsp3) is 0.133. The van der Waals surface area contributed by atoms with Crippen molar-refractivity contribution in [1.82, 2.24) is 0 Å². The van der Waals surface area contributed by atoms with Gasteiger partial charge in [0.1, 0.15) is 24.7 Å². The minimum Gasteiger partial charge on any atom is -0.490 e. The summed E-state index contributed by atoms with van der Waals surface area (Å²) in [5, 5.41) is 11.8. The predicted octanol–water partition coefficient (Wildman–Crippen LogP) is 3.00. The normalized spacial score (nSPS) is 11.2. The summed E-state index contributed by atoms with van der Waals surface area (Å²) in [6.45, 7) is 0.748. The van der Waals surface area contributed by atoms with Gasteiger partial charge in [-0.25, -0.2) is 0 Å². The summed E-state index contributed by atoms with van der Waals surface area (Å²) >= 11 is 3.33. The van der Waals surface area contributed by atoms with Crippen LogP contribution in [-0.4, -0.2) is 24.3 Å². The Kier molecular flexibility index (Phi) is 5.45. The zero-order valence-electron chi connectivity index (χ0n) is 11.2. The summed E-state index contributed by atoms with van der Waals surface area (Å²) in [5.74, 6) is 1.31. The molecule has 0 aliphatic heterocycles. The quantitative estimate of drug-likeness (QED) is 0.276. The van der Waals surface area contributed by atoms with E-state index in [9.17, 15) is 0 Å². The van der Waals surface area contributed by atoms with Gasteiger partial charge in [-0.05, 0) is 30.3 Å². The highest BCUT2D eigenvalue weighted by Crippen LogP contribution is 2.23. The van der Waals surface area contributed by atoms with E-state index in [2.05, 4.69) is 21.1 Å². The lowest BCUT2D eigenvalue weighted by atomic mass is 10.2. The van der Waals surface area contributed by atoms with Gasteiger partial charge in [0.05, 0.1) is 5.56 Å². The van der Waals surface area contributed by atoms with Crippen LogP contribution in [0.25, 0.3) is 0 Å². The van der Waals surface area contributed by atoms with E-state index in [0.717, 1.165) is 10.2 Å². The third-order valence-corrected chi connectivity index (χ3v) is 3.17. The van der Waals surface area contributed by atoms with Crippen LogP contribution in [0, 0.1) is 0 Å². The van der Waals surface area contributed by atoms with Gasteiger partial charge in [0.25, 0.3) is 0 Å². The number of halogens is 1. The van der Waals surface area contributed by atoms with Crippen LogP contribution in [0.1, 0.15) is 5.56 Å². The molecule has 0 atom stereocenters. The summed E-state index contributed by atoms with van der Waals surface area (Å²) in [4.78, 5) is 0. The molecule has 0 saturated carbocycles. The average Bonchev–Trinajstić information content (AvgIpc) is 2.53. The number of benzene rings is 2. The minimum atomic E-state index is -0.00437. The van der Waals surface area contributed by atoms with E-state index < -0.39 is 0 Å². The molecule has 0 spiro atoms. The SMILES string of the molecule is N/C(=N/O)c1cc(Br)ccc1OCCOc1ccccc1. The van der Waals surface area contributed by atoms with Crippen molar-refractivity contribution in [1.29, 1.82) is 0 Å². The van der Waals surface area contributed by atoms with Crippen LogP contribution in [-0.2, 0) is 0 Å². The second-order valence-electron chi connectivity index (χ2n) is 4.14. The van der Waals surface area contributed by atoms with Gasteiger partial charge in [0.2, 0.25) is 0 Å². The first-order valence-electron chi connectivity index (χ1n) is 6.29. The molecule has 0 heterocycles. The largest absolute Gasteiger partial charge is 0.490 e. The second kappa shape index (κ2) is 7.54. The smallest absolute Gasteiger partial charge is 0.173 e. The molecule has 0 aromatic heterocycles. The molecular weight excluding hydrogens is 336 g/mol. The number of rotatable bonds is 6. The Balaban J connectivity index is 1.94. The van der Waals surface area contributed by atoms with E-state index in [4.69, 9.17) is 20.4 Å². The number of hydrogen-bond acceptors (Lipinski definition) is 4. The number of amidine groups is 1. The average molecular weight is 351 g/mol.